The maximum absolute atomic E-state index is 13.1. The molecule has 1 aliphatic carbocycles. The summed E-state index contributed by atoms with van der Waals surface area (Å²) < 4.78 is 26.2. The number of urea groups is 1. The summed E-state index contributed by atoms with van der Waals surface area (Å²) in [5, 5.41) is 19.5. The number of aromatic hydroxyl groups is 1. The van der Waals surface area contributed by atoms with Crippen molar-refractivity contribution in [3.05, 3.63) is 32.7 Å². The van der Waals surface area contributed by atoms with Gasteiger partial charge in [-0.25, -0.2) is 18.2 Å². The Morgan fingerprint density at radius 1 is 1.32 bits per heavy atom. The number of fused-ring (bicyclic) bond motifs is 1. The number of hydrogen-bond donors (Lipinski definition) is 4. The fraction of sp³-hybridized carbons (Fsp3) is 0.500. The molecule has 31 heavy (non-hydrogen) atoms. The van der Waals surface area contributed by atoms with E-state index in [4.69, 9.17) is 11.6 Å². The zero-order chi connectivity index (χ0) is 22.2. The summed E-state index contributed by atoms with van der Waals surface area (Å²) in [7, 11) is -3.87. The van der Waals surface area contributed by atoms with E-state index < -0.39 is 26.9 Å². The summed E-state index contributed by atoms with van der Waals surface area (Å²) in [6.07, 6.45) is 3.88. The summed E-state index contributed by atoms with van der Waals surface area (Å²) >= 11 is 7.80. The Morgan fingerprint density at radius 3 is 2.87 bits per heavy atom. The van der Waals surface area contributed by atoms with Crippen molar-refractivity contribution in [1.82, 2.24) is 15.6 Å². The van der Waals surface area contributed by atoms with Crippen molar-refractivity contribution in [3.8, 4) is 5.75 Å². The van der Waals surface area contributed by atoms with E-state index in [2.05, 4.69) is 20.9 Å². The predicted octanol–water partition coefficient (Wildman–Crippen LogP) is 3.54. The van der Waals surface area contributed by atoms with E-state index in [1.54, 1.807) is 11.3 Å². The molecule has 4 N–H and O–H groups in total. The van der Waals surface area contributed by atoms with Crippen molar-refractivity contribution < 1.29 is 18.3 Å². The predicted molar refractivity (Wildman–Crippen MR) is 121 cm³/mol. The maximum atomic E-state index is 13.1. The van der Waals surface area contributed by atoms with E-state index >= 15 is 0 Å². The number of aromatic nitrogens is 1. The minimum absolute atomic E-state index is 0.00488. The number of benzene rings is 1. The molecule has 0 radical (unpaired) electrons. The molecule has 0 saturated carbocycles. The third-order valence-electron chi connectivity index (χ3n) is 5.67. The van der Waals surface area contributed by atoms with Crippen LogP contribution in [0.15, 0.2) is 17.0 Å². The second kappa shape index (κ2) is 8.93. The molecule has 2 aliphatic rings. The van der Waals surface area contributed by atoms with Crippen molar-refractivity contribution in [3.63, 3.8) is 0 Å². The van der Waals surface area contributed by atoms with Crippen LogP contribution >= 0.6 is 22.9 Å². The molecule has 1 aliphatic heterocycles. The maximum Gasteiger partial charge on any atom is 0.319 e. The Bertz CT molecular complexity index is 1100. The van der Waals surface area contributed by atoms with E-state index in [1.807, 2.05) is 6.92 Å². The Kier molecular flexibility index (Phi) is 6.43. The molecule has 1 aromatic heterocycles. The number of sulfone groups is 1. The number of phenols is 1. The highest BCUT2D eigenvalue weighted by molar-refractivity contribution is 7.92. The molecular weight excluding hydrogens is 460 g/mol. The molecule has 1 unspecified atom stereocenters. The summed E-state index contributed by atoms with van der Waals surface area (Å²) in [4.78, 5) is 18.0. The van der Waals surface area contributed by atoms with Crippen LogP contribution in [0.25, 0.3) is 0 Å². The second-order valence-corrected chi connectivity index (χ2v) is 11.7. The first-order valence-electron chi connectivity index (χ1n) is 10.3. The van der Waals surface area contributed by atoms with Gasteiger partial charge in [0.2, 0.25) is 0 Å². The number of aryl methyl sites for hydroxylation is 2. The number of amides is 2. The van der Waals surface area contributed by atoms with Crippen molar-refractivity contribution in [1.29, 1.82) is 0 Å². The molecule has 11 heteroatoms. The number of piperidine rings is 1. The summed E-state index contributed by atoms with van der Waals surface area (Å²) in [5.41, 5.74) is 0.882. The van der Waals surface area contributed by atoms with Crippen LogP contribution in [-0.2, 0) is 16.3 Å². The van der Waals surface area contributed by atoms with Gasteiger partial charge in [0.05, 0.1) is 32.7 Å². The van der Waals surface area contributed by atoms with E-state index in [1.165, 1.54) is 17.0 Å². The molecule has 8 nitrogen and oxygen atoms in total. The third kappa shape index (κ3) is 4.52. The van der Waals surface area contributed by atoms with Crippen molar-refractivity contribution in [2.45, 2.75) is 55.2 Å². The van der Waals surface area contributed by atoms with Crippen molar-refractivity contribution >= 4 is 44.5 Å². The van der Waals surface area contributed by atoms with Gasteiger partial charge in [-0.1, -0.05) is 11.6 Å². The summed E-state index contributed by atoms with van der Waals surface area (Å²) in [5.74, 6) is -0.540. The number of carbonyl (C=O) groups excluding carboxylic acids is 1. The van der Waals surface area contributed by atoms with E-state index in [9.17, 15) is 18.3 Å². The third-order valence-corrected chi connectivity index (χ3v) is 9.41. The monoisotopic (exact) mass is 484 g/mol. The van der Waals surface area contributed by atoms with Gasteiger partial charge in [-0.15, -0.1) is 11.3 Å². The van der Waals surface area contributed by atoms with Gasteiger partial charge in [-0.3, -0.25) is 0 Å². The van der Waals surface area contributed by atoms with Crippen LogP contribution in [0.3, 0.4) is 0 Å². The lowest BCUT2D eigenvalue weighted by Gasteiger charge is -2.24. The normalized spacial score (nSPS) is 21.4. The molecule has 2 amide bonds. The lowest BCUT2D eigenvalue weighted by Crippen LogP contribution is -2.39. The molecule has 2 atom stereocenters. The zero-order valence-corrected chi connectivity index (χ0v) is 19.5. The average Bonchev–Trinajstić information content (AvgIpc) is 3.12. The quantitative estimate of drug-likeness (QED) is 0.492. The number of thiazole rings is 1. The number of anilines is 1. The first-order chi connectivity index (χ1) is 14.8. The van der Waals surface area contributed by atoms with Crippen LogP contribution in [0.1, 0.15) is 47.3 Å². The van der Waals surface area contributed by atoms with Gasteiger partial charge in [0.1, 0.15) is 4.90 Å². The Hall–Kier alpha value is -1.88. The van der Waals surface area contributed by atoms with Crippen LogP contribution in [0.4, 0.5) is 10.5 Å². The smallest absolute Gasteiger partial charge is 0.319 e. The Balaban J connectivity index is 1.54. The molecule has 1 fully saturated rings. The molecule has 1 saturated heterocycles. The first kappa shape index (κ1) is 22.3. The SMILES string of the molecule is Cc1nc2c(s1)CCCC2NC(=O)Nc1ccc(Cl)c(S(=O)(=O)[C@H]2CCCNC2)c1O. The van der Waals surface area contributed by atoms with Gasteiger partial charge in [0, 0.05) is 11.4 Å². The van der Waals surface area contributed by atoms with Gasteiger partial charge < -0.3 is 21.1 Å². The average molecular weight is 485 g/mol. The molecule has 1 aromatic carbocycles. The van der Waals surface area contributed by atoms with Crippen LogP contribution < -0.4 is 16.0 Å². The van der Waals surface area contributed by atoms with Crippen LogP contribution in [-0.4, -0.2) is 42.9 Å². The number of halogens is 1. The number of carbonyl (C=O) groups is 1. The Labute approximate surface area is 190 Å². The highest BCUT2D eigenvalue weighted by atomic mass is 35.5. The topological polar surface area (TPSA) is 120 Å². The summed E-state index contributed by atoms with van der Waals surface area (Å²) in [6.45, 7) is 3.00. The molecule has 2 heterocycles. The van der Waals surface area contributed by atoms with Gasteiger partial charge in [-0.2, -0.15) is 0 Å². The van der Waals surface area contributed by atoms with Crippen molar-refractivity contribution in [2.75, 3.05) is 18.4 Å². The fourth-order valence-corrected chi connectivity index (χ4v) is 7.55. The minimum Gasteiger partial charge on any atom is -0.504 e. The van der Waals surface area contributed by atoms with Gasteiger partial charge in [0.25, 0.3) is 0 Å². The van der Waals surface area contributed by atoms with E-state index in [0.29, 0.717) is 13.0 Å². The van der Waals surface area contributed by atoms with E-state index in [0.717, 1.165) is 42.9 Å². The van der Waals surface area contributed by atoms with Crippen LogP contribution in [0, 0.1) is 6.92 Å². The molecular formula is C20H25ClN4O4S2. The van der Waals surface area contributed by atoms with Crippen LogP contribution in [0.2, 0.25) is 5.02 Å². The standard InChI is InChI=1S/C20H25ClN4O4S2/c1-11-23-17-14(5-2-6-16(17)30-11)24-20(27)25-15-8-7-13(21)19(18(15)26)31(28,29)12-4-3-9-22-10-12/h7-8,12,14,22,26H,2-6,9-10H2,1H3,(H2,24,25,27)/t12-,14?/m0/s1. The highest BCUT2D eigenvalue weighted by Crippen LogP contribution is 2.40. The number of nitrogens with one attached hydrogen (secondary N) is 3. The van der Waals surface area contributed by atoms with Gasteiger partial charge >= 0.3 is 6.03 Å². The molecule has 168 valence electrons. The molecule has 2 aromatic rings. The second-order valence-electron chi connectivity index (χ2n) is 7.87. The number of hydrogen-bond acceptors (Lipinski definition) is 7. The zero-order valence-electron chi connectivity index (χ0n) is 17.1. The highest BCUT2D eigenvalue weighted by Gasteiger charge is 2.34. The lowest BCUT2D eigenvalue weighted by molar-refractivity contribution is 0.246. The van der Waals surface area contributed by atoms with E-state index in [-0.39, 0.29) is 21.6 Å². The molecule has 4 rings (SSSR count). The van der Waals surface area contributed by atoms with Gasteiger partial charge in [-0.05, 0) is 57.7 Å². The fourth-order valence-electron chi connectivity index (χ4n) is 4.17. The summed E-state index contributed by atoms with van der Waals surface area (Å²) in [6, 6.07) is 2.01. The van der Waals surface area contributed by atoms with Gasteiger partial charge in [0.15, 0.2) is 15.6 Å². The van der Waals surface area contributed by atoms with Crippen molar-refractivity contribution in [2.24, 2.45) is 0 Å². The van der Waals surface area contributed by atoms with Crippen LogP contribution in [0.5, 0.6) is 5.75 Å². The number of phenolic OH excluding ortho intramolecular Hbond substituents is 1. The first-order valence-corrected chi connectivity index (χ1v) is 13.0. The largest absolute Gasteiger partial charge is 0.504 e. The lowest BCUT2D eigenvalue weighted by atomic mass is 9.98. The Morgan fingerprint density at radius 2 is 2.13 bits per heavy atom. The molecule has 0 bridgehead atoms. The minimum atomic E-state index is -3.87. The number of nitrogens with zero attached hydrogens (tertiary/aromatic N) is 1. The molecule has 0 spiro atoms. The number of rotatable bonds is 4.